The molecule has 3 aromatic rings. The lowest BCUT2D eigenvalue weighted by Crippen LogP contribution is -2.39. The van der Waals surface area contributed by atoms with Crippen LogP contribution in [-0.4, -0.2) is 50.6 Å². The van der Waals surface area contributed by atoms with Crippen molar-refractivity contribution in [2.75, 3.05) is 39.2 Å². The van der Waals surface area contributed by atoms with Crippen LogP contribution < -0.4 is 10.1 Å². The van der Waals surface area contributed by atoms with Gasteiger partial charge in [-0.3, -0.25) is 9.69 Å². The molecule has 34 heavy (non-hydrogen) atoms. The standard InChI is InChI=1S/C27H30N2O4S/c1-32-22-10-8-21(9-11-22)23-18-34-26(25(23)27(31)33-2)28-24(30)17-29-14-12-20(13-15-29)16-19-6-4-3-5-7-19/h3-11,18,20H,12-17H2,1-2H3,(H,28,30). The first kappa shape index (κ1) is 24.0. The Morgan fingerprint density at radius 1 is 1.03 bits per heavy atom. The minimum atomic E-state index is -0.468. The first-order valence-corrected chi connectivity index (χ1v) is 12.4. The van der Waals surface area contributed by atoms with Gasteiger partial charge in [0.05, 0.1) is 20.8 Å². The van der Waals surface area contributed by atoms with Gasteiger partial charge in [0.2, 0.25) is 5.91 Å². The number of likely N-dealkylation sites (tertiary alicyclic amines) is 1. The number of carbonyl (C=O) groups excluding carboxylic acids is 2. The van der Waals surface area contributed by atoms with Crippen molar-refractivity contribution in [1.29, 1.82) is 0 Å². The molecule has 2 aromatic carbocycles. The van der Waals surface area contributed by atoms with Crippen molar-refractivity contribution in [2.24, 2.45) is 5.92 Å². The summed E-state index contributed by atoms with van der Waals surface area (Å²) in [5, 5.41) is 5.34. The summed E-state index contributed by atoms with van der Waals surface area (Å²) in [5.74, 6) is 0.801. The molecule has 1 saturated heterocycles. The highest BCUT2D eigenvalue weighted by molar-refractivity contribution is 7.15. The van der Waals surface area contributed by atoms with Crippen LogP contribution in [0.25, 0.3) is 11.1 Å². The molecule has 0 aliphatic carbocycles. The molecule has 1 amide bonds. The predicted octanol–water partition coefficient (Wildman–Crippen LogP) is 5.10. The number of hydrogen-bond acceptors (Lipinski definition) is 6. The Balaban J connectivity index is 1.37. The van der Waals surface area contributed by atoms with Crippen LogP contribution in [-0.2, 0) is 16.0 Å². The molecule has 1 N–H and O–H groups in total. The molecule has 1 aromatic heterocycles. The average molecular weight is 479 g/mol. The van der Waals surface area contributed by atoms with E-state index >= 15 is 0 Å². The first-order valence-electron chi connectivity index (χ1n) is 11.5. The summed E-state index contributed by atoms with van der Waals surface area (Å²) in [4.78, 5) is 27.6. The van der Waals surface area contributed by atoms with Crippen molar-refractivity contribution in [3.05, 3.63) is 71.1 Å². The summed E-state index contributed by atoms with van der Waals surface area (Å²) in [7, 11) is 2.96. The topological polar surface area (TPSA) is 67.9 Å². The third-order valence-corrected chi connectivity index (χ3v) is 7.17. The lowest BCUT2D eigenvalue weighted by atomic mass is 9.90. The molecule has 0 bridgehead atoms. The zero-order chi connectivity index (χ0) is 23.9. The van der Waals surface area contributed by atoms with Crippen LogP contribution in [0.15, 0.2) is 60.0 Å². The predicted molar refractivity (Wildman–Crippen MR) is 136 cm³/mol. The number of methoxy groups -OCH3 is 2. The molecule has 178 valence electrons. The highest BCUT2D eigenvalue weighted by Crippen LogP contribution is 2.36. The van der Waals surface area contributed by atoms with Gasteiger partial charge in [-0.2, -0.15) is 0 Å². The number of benzene rings is 2. The number of carbonyl (C=O) groups is 2. The Morgan fingerprint density at radius 3 is 2.38 bits per heavy atom. The minimum Gasteiger partial charge on any atom is -0.497 e. The van der Waals surface area contributed by atoms with E-state index < -0.39 is 5.97 Å². The zero-order valence-electron chi connectivity index (χ0n) is 19.6. The Hall–Kier alpha value is -3.16. The van der Waals surface area contributed by atoms with Gasteiger partial charge < -0.3 is 14.8 Å². The number of anilines is 1. The first-order chi connectivity index (χ1) is 16.6. The van der Waals surface area contributed by atoms with E-state index in [-0.39, 0.29) is 5.91 Å². The highest BCUT2D eigenvalue weighted by Gasteiger charge is 2.25. The van der Waals surface area contributed by atoms with E-state index in [4.69, 9.17) is 9.47 Å². The van der Waals surface area contributed by atoms with Crippen molar-refractivity contribution in [2.45, 2.75) is 19.3 Å². The summed E-state index contributed by atoms with van der Waals surface area (Å²) >= 11 is 1.33. The number of thiophene rings is 1. The Labute approximate surface area is 204 Å². The van der Waals surface area contributed by atoms with E-state index in [1.54, 1.807) is 7.11 Å². The molecule has 6 nitrogen and oxygen atoms in total. The second-order valence-corrected chi connectivity index (χ2v) is 9.41. The van der Waals surface area contributed by atoms with Crippen molar-refractivity contribution in [3.8, 4) is 16.9 Å². The number of nitrogens with one attached hydrogen (secondary N) is 1. The third kappa shape index (κ3) is 5.85. The van der Waals surface area contributed by atoms with E-state index in [1.165, 1.54) is 24.0 Å². The maximum absolute atomic E-state index is 12.8. The molecule has 0 radical (unpaired) electrons. The zero-order valence-corrected chi connectivity index (χ0v) is 20.4. The number of rotatable bonds is 8. The van der Waals surface area contributed by atoms with Gasteiger partial charge in [0.15, 0.2) is 0 Å². The Kier molecular flexibility index (Phi) is 7.98. The largest absolute Gasteiger partial charge is 0.497 e. The van der Waals surface area contributed by atoms with Crippen LogP contribution in [0.5, 0.6) is 5.75 Å². The SMILES string of the molecule is COC(=O)c1c(-c2ccc(OC)cc2)csc1NC(=O)CN1CCC(Cc2ccccc2)CC1. The lowest BCUT2D eigenvalue weighted by molar-refractivity contribution is -0.117. The van der Waals surface area contributed by atoms with Gasteiger partial charge in [-0.05, 0) is 61.5 Å². The van der Waals surface area contributed by atoms with Gasteiger partial charge in [0, 0.05) is 10.9 Å². The molecule has 1 fully saturated rings. The Morgan fingerprint density at radius 2 is 1.74 bits per heavy atom. The van der Waals surface area contributed by atoms with E-state index in [2.05, 4.69) is 34.5 Å². The minimum absolute atomic E-state index is 0.116. The number of ether oxygens (including phenoxy) is 2. The Bertz CT molecular complexity index is 1100. The highest BCUT2D eigenvalue weighted by atomic mass is 32.1. The summed E-state index contributed by atoms with van der Waals surface area (Å²) in [6.07, 6.45) is 3.25. The summed E-state index contributed by atoms with van der Waals surface area (Å²) < 4.78 is 10.2. The fourth-order valence-electron chi connectivity index (χ4n) is 4.40. The monoisotopic (exact) mass is 478 g/mol. The summed E-state index contributed by atoms with van der Waals surface area (Å²) in [6.45, 7) is 2.11. The summed E-state index contributed by atoms with van der Waals surface area (Å²) in [5.41, 5.74) is 3.35. The average Bonchev–Trinajstić information content (AvgIpc) is 3.28. The fraction of sp³-hybridized carbons (Fsp3) is 0.333. The van der Waals surface area contributed by atoms with Gasteiger partial charge in [-0.1, -0.05) is 42.5 Å². The maximum Gasteiger partial charge on any atom is 0.341 e. The maximum atomic E-state index is 12.8. The molecule has 0 unspecified atom stereocenters. The van der Waals surface area contributed by atoms with Gasteiger partial charge >= 0.3 is 5.97 Å². The molecule has 4 rings (SSSR count). The molecule has 7 heteroatoms. The van der Waals surface area contributed by atoms with E-state index in [9.17, 15) is 9.59 Å². The second-order valence-electron chi connectivity index (χ2n) is 8.53. The van der Waals surface area contributed by atoms with E-state index in [0.29, 0.717) is 23.0 Å². The van der Waals surface area contributed by atoms with E-state index in [1.807, 2.05) is 35.7 Å². The van der Waals surface area contributed by atoms with Gasteiger partial charge in [-0.15, -0.1) is 11.3 Å². The van der Waals surface area contributed by atoms with Gasteiger partial charge in [0.1, 0.15) is 16.3 Å². The second kappa shape index (κ2) is 11.3. The molecule has 0 spiro atoms. The number of esters is 1. The van der Waals surface area contributed by atoms with Gasteiger partial charge in [0.25, 0.3) is 0 Å². The molecule has 0 atom stereocenters. The van der Waals surface area contributed by atoms with Crippen LogP contribution in [0.4, 0.5) is 5.00 Å². The molecular formula is C27H30N2O4S. The van der Waals surface area contributed by atoms with Crippen molar-refractivity contribution in [1.82, 2.24) is 4.90 Å². The number of piperidine rings is 1. The molecular weight excluding hydrogens is 448 g/mol. The van der Waals surface area contributed by atoms with Crippen LogP contribution in [0.1, 0.15) is 28.8 Å². The number of amides is 1. The molecule has 1 aliphatic rings. The summed E-state index contributed by atoms with van der Waals surface area (Å²) in [6, 6.07) is 18.0. The van der Waals surface area contributed by atoms with Crippen LogP contribution in [0.3, 0.4) is 0 Å². The molecule has 0 saturated carbocycles. The third-order valence-electron chi connectivity index (χ3n) is 6.28. The lowest BCUT2D eigenvalue weighted by Gasteiger charge is -2.31. The number of nitrogens with zero attached hydrogens (tertiary/aromatic N) is 1. The quantitative estimate of drug-likeness (QED) is 0.456. The van der Waals surface area contributed by atoms with Gasteiger partial charge in [-0.25, -0.2) is 4.79 Å². The van der Waals surface area contributed by atoms with Crippen LogP contribution >= 0.6 is 11.3 Å². The van der Waals surface area contributed by atoms with Crippen molar-refractivity contribution in [3.63, 3.8) is 0 Å². The molecule has 2 heterocycles. The fourth-order valence-corrected chi connectivity index (χ4v) is 5.38. The smallest absolute Gasteiger partial charge is 0.341 e. The normalized spacial score (nSPS) is 14.5. The van der Waals surface area contributed by atoms with E-state index in [0.717, 1.165) is 49.2 Å². The van der Waals surface area contributed by atoms with Crippen LogP contribution in [0, 0.1) is 5.92 Å². The number of hydrogen-bond donors (Lipinski definition) is 1. The van der Waals surface area contributed by atoms with Crippen LogP contribution in [0.2, 0.25) is 0 Å². The van der Waals surface area contributed by atoms with Crippen molar-refractivity contribution < 1.29 is 19.1 Å². The van der Waals surface area contributed by atoms with Crippen molar-refractivity contribution >= 4 is 28.2 Å². The molecule has 1 aliphatic heterocycles.